The summed E-state index contributed by atoms with van der Waals surface area (Å²) in [6, 6.07) is 3.56. The van der Waals surface area contributed by atoms with Crippen LogP contribution in [-0.4, -0.2) is 39.3 Å². The highest BCUT2D eigenvalue weighted by Crippen LogP contribution is 2.30. The number of carbonyl (C=O) groups is 1. The average molecular weight is 301 g/mol. The molecule has 5 nitrogen and oxygen atoms in total. The molecule has 1 aromatic rings. The molecular formula is C14H21ClN2O3. The minimum Gasteiger partial charge on any atom is -0.495 e. The molecule has 1 aromatic carbocycles. The number of methoxy groups -OCH3 is 2. The first-order valence-corrected chi connectivity index (χ1v) is 6.72. The summed E-state index contributed by atoms with van der Waals surface area (Å²) in [5.41, 5.74) is 1.66. The van der Waals surface area contributed by atoms with E-state index < -0.39 is 0 Å². The number of hydrogen-bond acceptors (Lipinski definition) is 4. The van der Waals surface area contributed by atoms with Gasteiger partial charge in [-0.15, -0.1) is 0 Å². The van der Waals surface area contributed by atoms with E-state index in [1.54, 1.807) is 20.3 Å². The molecule has 2 N–H and O–H groups in total. The second-order valence-electron chi connectivity index (χ2n) is 4.58. The van der Waals surface area contributed by atoms with E-state index in [9.17, 15) is 4.79 Å². The first-order chi connectivity index (χ1) is 9.47. The Morgan fingerprint density at radius 3 is 2.70 bits per heavy atom. The Balaban J connectivity index is 2.61. The fraction of sp³-hybridized carbons (Fsp3) is 0.500. The Kier molecular flexibility index (Phi) is 6.61. The molecule has 0 aliphatic carbocycles. The third kappa shape index (κ3) is 4.90. The molecule has 6 heteroatoms. The molecule has 0 saturated carbocycles. The lowest BCUT2D eigenvalue weighted by molar-refractivity contribution is -0.120. The molecule has 1 rings (SSSR count). The van der Waals surface area contributed by atoms with Gasteiger partial charge in [0.25, 0.3) is 0 Å². The highest BCUT2D eigenvalue weighted by molar-refractivity contribution is 6.31. The van der Waals surface area contributed by atoms with Crippen LogP contribution >= 0.6 is 11.6 Å². The summed E-state index contributed by atoms with van der Waals surface area (Å²) in [7, 11) is 3.16. The molecule has 0 bridgehead atoms. The van der Waals surface area contributed by atoms with Gasteiger partial charge in [0.05, 0.1) is 25.9 Å². The van der Waals surface area contributed by atoms with Gasteiger partial charge in [0.15, 0.2) is 0 Å². The maximum atomic E-state index is 11.8. The summed E-state index contributed by atoms with van der Waals surface area (Å²) in [5.74, 6) is 0.502. The van der Waals surface area contributed by atoms with Gasteiger partial charge >= 0.3 is 0 Å². The Bertz CT molecular complexity index is 466. The van der Waals surface area contributed by atoms with E-state index in [1.807, 2.05) is 19.9 Å². The predicted octanol–water partition coefficient (Wildman–Crippen LogP) is 2.22. The Labute approximate surface area is 124 Å². The van der Waals surface area contributed by atoms with E-state index in [4.69, 9.17) is 21.1 Å². The van der Waals surface area contributed by atoms with Crippen molar-refractivity contribution < 1.29 is 14.3 Å². The zero-order valence-corrected chi connectivity index (χ0v) is 13.0. The minimum atomic E-state index is -0.107. The highest BCUT2D eigenvalue weighted by atomic mass is 35.5. The minimum absolute atomic E-state index is 0.0249. The first kappa shape index (κ1) is 16.6. The lowest BCUT2D eigenvalue weighted by Crippen LogP contribution is -2.39. The fourth-order valence-electron chi connectivity index (χ4n) is 1.76. The Morgan fingerprint density at radius 2 is 2.10 bits per heavy atom. The Hall–Kier alpha value is -1.46. The zero-order valence-electron chi connectivity index (χ0n) is 12.2. The summed E-state index contributed by atoms with van der Waals surface area (Å²) < 4.78 is 10.2. The number of carbonyl (C=O) groups excluding carboxylic acids is 1. The molecule has 1 atom stereocenters. The molecule has 1 unspecified atom stereocenters. The van der Waals surface area contributed by atoms with Crippen LogP contribution in [0, 0.1) is 6.92 Å². The molecule has 0 heterocycles. The van der Waals surface area contributed by atoms with Gasteiger partial charge in [0.2, 0.25) is 5.91 Å². The summed E-state index contributed by atoms with van der Waals surface area (Å²) in [6.45, 7) is 4.42. The lowest BCUT2D eigenvalue weighted by atomic mass is 10.2. The third-order valence-corrected chi connectivity index (χ3v) is 3.15. The number of anilines is 1. The largest absolute Gasteiger partial charge is 0.495 e. The number of benzene rings is 1. The molecule has 0 fully saturated rings. The number of rotatable bonds is 7. The van der Waals surface area contributed by atoms with Crippen LogP contribution in [0.2, 0.25) is 5.02 Å². The second kappa shape index (κ2) is 7.97. The topological polar surface area (TPSA) is 59.6 Å². The van der Waals surface area contributed by atoms with Crippen LogP contribution in [0.4, 0.5) is 5.69 Å². The van der Waals surface area contributed by atoms with Gasteiger partial charge in [-0.3, -0.25) is 4.79 Å². The van der Waals surface area contributed by atoms with Crippen LogP contribution in [0.25, 0.3) is 0 Å². The van der Waals surface area contributed by atoms with Crippen molar-refractivity contribution in [1.29, 1.82) is 0 Å². The van der Waals surface area contributed by atoms with Crippen molar-refractivity contribution in [2.45, 2.75) is 19.9 Å². The van der Waals surface area contributed by atoms with Gasteiger partial charge < -0.3 is 20.1 Å². The number of hydrogen-bond donors (Lipinski definition) is 2. The molecule has 20 heavy (non-hydrogen) atoms. The maximum Gasteiger partial charge on any atom is 0.239 e. The van der Waals surface area contributed by atoms with Crippen molar-refractivity contribution in [3.05, 3.63) is 22.7 Å². The summed E-state index contributed by atoms with van der Waals surface area (Å²) >= 11 is 6.03. The van der Waals surface area contributed by atoms with Crippen molar-refractivity contribution in [1.82, 2.24) is 5.32 Å². The van der Waals surface area contributed by atoms with Crippen LogP contribution in [0.1, 0.15) is 12.5 Å². The van der Waals surface area contributed by atoms with E-state index in [2.05, 4.69) is 10.6 Å². The quantitative estimate of drug-likeness (QED) is 0.810. The molecule has 0 aromatic heterocycles. The average Bonchev–Trinajstić information content (AvgIpc) is 2.39. The van der Waals surface area contributed by atoms with Crippen LogP contribution in [0.5, 0.6) is 5.75 Å². The number of amides is 1. The number of ether oxygens (including phenoxy) is 2. The maximum absolute atomic E-state index is 11.8. The zero-order chi connectivity index (χ0) is 15.1. The monoisotopic (exact) mass is 300 g/mol. The Morgan fingerprint density at radius 1 is 1.40 bits per heavy atom. The first-order valence-electron chi connectivity index (χ1n) is 6.34. The molecular weight excluding hydrogens is 280 g/mol. The van der Waals surface area contributed by atoms with E-state index in [0.29, 0.717) is 17.4 Å². The van der Waals surface area contributed by atoms with E-state index in [1.165, 1.54) is 0 Å². The molecule has 0 saturated heterocycles. The van der Waals surface area contributed by atoms with Crippen LogP contribution in [-0.2, 0) is 9.53 Å². The van der Waals surface area contributed by atoms with Crippen LogP contribution in [0.15, 0.2) is 12.1 Å². The molecule has 0 aliphatic rings. The number of nitrogens with one attached hydrogen (secondary N) is 2. The highest BCUT2D eigenvalue weighted by Gasteiger charge is 2.10. The summed E-state index contributed by atoms with van der Waals surface area (Å²) in [6.07, 6.45) is 0. The molecule has 1 amide bonds. The van der Waals surface area contributed by atoms with Crippen molar-refractivity contribution in [2.75, 3.05) is 32.7 Å². The summed E-state index contributed by atoms with van der Waals surface area (Å²) in [4.78, 5) is 11.8. The summed E-state index contributed by atoms with van der Waals surface area (Å²) in [5, 5.41) is 6.49. The second-order valence-corrected chi connectivity index (χ2v) is 4.99. The van der Waals surface area contributed by atoms with Gasteiger partial charge in [-0.1, -0.05) is 11.6 Å². The van der Waals surface area contributed by atoms with Crippen molar-refractivity contribution >= 4 is 23.2 Å². The third-order valence-electron chi connectivity index (χ3n) is 2.74. The van der Waals surface area contributed by atoms with E-state index in [-0.39, 0.29) is 18.5 Å². The van der Waals surface area contributed by atoms with Gasteiger partial charge in [0, 0.05) is 24.2 Å². The van der Waals surface area contributed by atoms with Crippen molar-refractivity contribution in [3.8, 4) is 5.75 Å². The lowest BCUT2D eigenvalue weighted by Gasteiger charge is -2.15. The number of aryl methyl sites for hydroxylation is 1. The van der Waals surface area contributed by atoms with Gasteiger partial charge in [-0.25, -0.2) is 0 Å². The fourth-order valence-corrected chi connectivity index (χ4v) is 1.92. The van der Waals surface area contributed by atoms with Crippen LogP contribution in [0.3, 0.4) is 0 Å². The number of halogens is 1. The van der Waals surface area contributed by atoms with Crippen molar-refractivity contribution in [2.24, 2.45) is 0 Å². The standard InChI is InChI=1S/C14H21ClN2O3/c1-9-5-12(13(20-4)6-11(9)15)16-7-14(18)17-10(2)8-19-3/h5-6,10,16H,7-8H2,1-4H3,(H,17,18). The molecule has 0 spiro atoms. The normalized spacial score (nSPS) is 11.8. The van der Waals surface area contributed by atoms with E-state index >= 15 is 0 Å². The van der Waals surface area contributed by atoms with Crippen molar-refractivity contribution in [3.63, 3.8) is 0 Å². The molecule has 0 radical (unpaired) electrons. The van der Waals surface area contributed by atoms with Gasteiger partial charge in [-0.05, 0) is 25.5 Å². The van der Waals surface area contributed by atoms with Gasteiger partial charge in [0.1, 0.15) is 5.75 Å². The van der Waals surface area contributed by atoms with Crippen LogP contribution < -0.4 is 15.4 Å². The SMILES string of the molecule is COCC(C)NC(=O)CNc1cc(C)c(Cl)cc1OC. The predicted molar refractivity (Wildman–Crippen MR) is 80.7 cm³/mol. The smallest absolute Gasteiger partial charge is 0.239 e. The molecule has 0 aliphatic heterocycles. The van der Waals surface area contributed by atoms with E-state index in [0.717, 1.165) is 11.3 Å². The molecule has 112 valence electrons. The van der Waals surface area contributed by atoms with Gasteiger partial charge in [-0.2, -0.15) is 0 Å².